The van der Waals surface area contributed by atoms with Gasteiger partial charge in [-0.3, -0.25) is 15.0 Å². The SMILES string of the molecule is Cc1cc(C2CCC2)c(C(=O)NN)cc1C(=O)N1CCCCC1. The molecule has 0 unspecified atom stereocenters. The lowest BCUT2D eigenvalue weighted by Gasteiger charge is -2.30. The third kappa shape index (κ3) is 3.11. The van der Waals surface area contributed by atoms with Crippen LogP contribution in [0.3, 0.4) is 0 Å². The van der Waals surface area contributed by atoms with Crippen molar-refractivity contribution in [3.63, 3.8) is 0 Å². The number of amides is 2. The van der Waals surface area contributed by atoms with Crippen molar-refractivity contribution in [2.24, 2.45) is 5.84 Å². The molecule has 1 heterocycles. The minimum atomic E-state index is -0.306. The molecule has 124 valence electrons. The second kappa shape index (κ2) is 6.71. The molecule has 2 fully saturated rings. The zero-order valence-electron chi connectivity index (χ0n) is 13.7. The predicted molar refractivity (Wildman–Crippen MR) is 89.2 cm³/mol. The van der Waals surface area contributed by atoms with E-state index in [0.717, 1.165) is 49.9 Å². The molecule has 2 amide bonds. The minimum absolute atomic E-state index is 0.0356. The maximum Gasteiger partial charge on any atom is 0.265 e. The Kier molecular flexibility index (Phi) is 4.66. The van der Waals surface area contributed by atoms with Gasteiger partial charge in [0.2, 0.25) is 0 Å². The molecule has 1 saturated heterocycles. The zero-order chi connectivity index (χ0) is 16.4. The van der Waals surface area contributed by atoms with Crippen LogP contribution < -0.4 is 11.3 Å². The number of benzene rings is 1. The second-order valence-electron chi connectivity index (χ2n) is 6.71. The van der Waals surface area contributed by atoms with Crippen LogP contribution in [0.15, 0.2) is 12.1 Å². The van der Waals surface area contributed by atoms with Gasteiger partial charge < -0.3 is 4.90 Å². The number of hydrogen-bond acceptors (Lipinski definition) is 3. The van der Waals surface area contributed by atoms with E-state index in [1.165, 1.54) is 12.8 Å². The smallest absolute Gasteiger partial charge is 0.265 e. The molecule has 1 aliphatic heterocycles. The van der Waals surface area contributed by atoms with Crippen molar-refractivity contribution in [2.45, 2.75) is 51.4 Å². The summed E-state index contributed by atoms with van der Waals surface area (Å²) in [5, 5.41) is 0. The number of carbonyl (C=O) groups excluding carboxylic acids is 2. The molecule has 0 spiro atoms. The Balaban J connectivity index is 1.96. The van der Waals surface area contributed by atoms with Gasteiger partial charge in [-0.2, -0.15) is 0 Å². The maximum absolute atomic E-state index is 12.8. The first-order valence-electron chi connectivity index (χ1n) is 8.56. The third-order valence-corrected chi connectivity index (χ3v) is 5.19. The van der Waals surface area contributed by atoms with E-state index in [1.807, 2.05) is 17.9 Å². The van der Waals surface area contributed by atoms with E-state index in [2.05, 4.69) is 5.43 Å². The molecule has 2 aliphatic rings. The van der Waals surface area contributed by atoms with Gasteiger partial charge in [-0.1, -0.05) is 12.5 Å². The Labute approximate surface area is 137 Å². The number of hydrogen-bond donors (Lipinski definition) is 2. The first-order chi connectivity index (χ1) is 11.1. The fourth-order valence-electron chi connectivity index (χ4n) is 3.56. The number of nitrogen functional groups attached to an aromatic ring is 1. The molecule has 0 atom stereocenters. The van der Waals surface area contributed by atoms with Crippen molar-refractivity contribution in [1.82, 2.24) is 10.3 Å². The van der Waals surface area contributed by atoms with Crippen molar-refractivity contribution in [3.05, 3.63) is 34.4 Å². The van der Waals surface area contributed by atoms with Crippen LogP contribution in [0.5, 0.6) is 0 Å². The quantitative estimate of drug-likeness (QED) is 0.511. The molecule has 1 aromatic carbocycles. The molecular formula is C18H25N3O2. The molecule has 3 N–H and O–H groups in total. The summed E-state index contributed by atoms with van der Waals surface area (Å²) in [6.07, 6.45) is 6.70. The first-order valence-corrected chi connectivity index (χ1v) is 8.56. The number of nitrogens with two attached hydrogens (primary N) is 1. The number of nitrogens with one attached hydrogen (secondary N) is 1. The Morgan fingerprint density at radius 1 is 1.09 bits per heavy atom. The number of piperidine rings is 1. The molecule has 0 bridgehead atoms. The lowest BCUT2D eigenvalue weighted by molar-refractivity contribution is 0.0723. The molecule has 1 aromatic rings. The molecule has 3 rings (SSSR count). The van der Waals surface area contributed by atoms with Crippen molar-refractivity contribution in [3.8, 4) is 0 Å². The summed E-state index contributed by atoms with van der Waals surface area (Å²) in [4.78, 5) is 26.9. The highest BCUT2D eigenvalue weighted by atomic mass is 16.2. The van der Waals surface area contributed by atoms with E-state index < -0.39 is 0 Å². The predicted octanol–water partition coefficient (Wildman–Crippen LogP) is 2.49. The summed E-state index contributed by atoms with van der Waals surface area (Å²) < 4.78 is 0. The van der Waals surface area contributed by atoms with Gasteiger partial charge in [0.1, 0.15) is 0 Å². The van der Waals surface area contributed by atoms with Gasteiger partial charge in [-0.15, -0.1) is 0 Å². The summed E-state index contributed by atoms with van der Waals surface area (Å²) in [6, 6.07) is 3.77. The van der Waals surface area contributed by atoms with Gasteiger partial charge in [-0.05, 0) is 62.1 Å². The lowest BCUT2D eigenvalue weighted by Crippen LogP contribution is -2.36. The summed E-state index contributed by atoms with van der Waals surface area (Å²) in [6.45, 7) is 3.58. The van der Waals surface area contributed by atoms with E-state index >= 15 is 0 Å². The summed E-state index contributed by atoms with van der Waals surface area (Å²) in [5.41, 5.74) is 5.41. The Morgan fingerprint density at radius 2 is 1.78 bits per heavy atom. The van der Waals surface area contributed by atoms with E-state index in [9.17, 15) is 9.59 Å². The number of likely N-dealkylation sites (tertiary alicyclic amines) is 1. The molecule has 0 aromatic heterocycles. The second-order valence-corrected chi connectivity index (χ2v) is 6.71. The Morgan fingerprint density at radius 3 is 2.35 bits per heavy atom. The van der Waals surface area contributed by atoms with Crippen LogP contribution in [0.1, 0.15) is 76.3 Å². The minimum Gasteiger partial charge on any atom is -0.339 e. The number of carbonyl (C=O) groups is 2. The van der Waals surface area contributed by atoms with Gasteiger partial charge >= 0.3 is 0 Å². The van der Waals surface area contributed by atoms with Gasteiger partial charge in [0.05, 0.1) is 0 Å². The van der Waals surface area contributed by atoms with Crippen molar-refractivity contribution in [2.75, 3.05) is 13.1 Å². The van der Waals surface area contributed by atoms with Gasteiger partial charge in [0.15, 0.2) is 0 Å². The molecule has 5 heteroatoms. The summed E-state index contributed by atoms with van der Waals surface area (Å²) in [7, 11) is 0. The average Bonchev–Trinajstić information content (AvgIpc) is 2.53. The van der Waals surface area contributed by atoms with Gasteiger partial charge in [0, 0.05) is 24.2 Å². The number of hydrazine groups is 1. The molecule has 23 heavy (non-hydrogen) atoms. The normalized spacial score (nSPS) is 18.4. The third-order valence-electron chi connectivity index (χ3n) is 5.19. The fourth-order valence-corrected chi connectivity index (χ4v) is 3.56. The highest BCUT2D eigenvalue weighted by Gasteiger charge is 2.28. The average molecular weight is 315 g/mol. The highest BCUT2D eigenvalue weighted by Crippen LogP contribution is 2.39. The van der Waals surface area contributed by atoms with Gasteiger partial charge in [-0.25, -0.2) is 5.84 Å². The summed E-state index contributed by atoms with van der Waals surface area (Å²) >= 11 is 0. The van der Waals surface area contributed by atoms with Crippen molar-refractivity contribution in [1.29, 1.82) is 0 Å². The van der Waals surface area contributed by atoms with Gasteiger partial charge in [0.25, 0.3) is 11.8 Å². The Bertz CT molecular complexity index is 617. The fraction of sp³-hybridized carbons (Fsp3) is 0.556. The number of nitrogens with zero attached hydrogens (tertiary/aromatic N) is 1. The number of aryl methyl sites for hydroxylation is 1. The van der Waals surface area contributed by atoms with Crippen LogP contribution in [-0.4, -0.2) is 29.8 Å². The number of rotatable bonds is 3. The van der Waals surface area contributed by atoms with Crippen LogP contribution in [0, 0.1) is 6.92 Å². The van der Waals surface area contributed by atoms with E-state index in [-0.39, 0.29) is 11.8 Å². The van der Waals surface area contributed by atoms with E-state index in [1.54, 1.807) is 6.07 Å². The van der Waals surface area contributed by atoms with E-state index in [4.69, 9.17) is 5.84 Å². The first kappa shape index (κ1) is 16.0. The largest absolute Gasteiger partial charge is 0.339 e. The van der Waals surface area contributed by atoms with Crippen LogP contribution in [-0.2, 0) is 0 Å². The van der Waals surface area contributed by atoms with Crippen LogP contribution in [0.2, 0.25) is 0 Å². The van der Waals surface area contributed by atoms with Crippen LogP contribution in [0.4, 0.5) is 0 Å². The van der Waals surface area contributed by atoms with Crippen molar-refractivity contribution < 1.29 is 9.59 Å². The lowest BCUT2D eigenvalue weighted by atomic mass is 9.77. The van der Waals surface area contributed by atoms with E-state index in [0.29, 0.717) is 17.0 Å². The van der Waals surface area contributed by atoms with Crippen molar-refractivity contribution >= 4 is 11.8 Å². The topological polar surface area (TPSA) is 75.4 Å². The molecule has 0 radical (unpaired) electrons. The molecule has 1 aliphatic carbocycles. The Hall–Kier alpha value is -1.88. The molecule has 1 saturated carbocycles. The summed E-state index contributed by atoms with van der Waals surface area (Å²) in [5.74, 6) is 5.49. The molecular weight excluding hydrogens is 290 g/mol. The van der Waals surface area contributed by atoms with Crippen LogP contribution in [0.25, 0.3) is 0 Å². The maximum atomic E-state index is 12.8. The standard InChI is InChI=1S/C18H25N3O2/c1-12-10-15(13-6-5-7-13)16(17(22)20-19)11-14(12)18(23)21-8-3-2-4-9-21/h10-11,13H,2-9,19H2,1H3,(H,20,22). The monoisotopic (exact) mass is 315 g/mol. The highest BCUT2D eigenvalue weighted by molar-refractivity contribution is 6.01. The molecule has 5 nitrogen and oxygen atoms in total. The van der Waals surface area contributed by atoms with Crippen LogP contribution >= 0.6 is 0 Å². The zero-order valence-corrected chi connectivity index (χ0v) is 13.7.